The Balaban J connectivity index is 3.05. The van der Waals surface area contributed by atoms with Crippen molar-refractivity contribution in [3.05, 3.63) is 33.7 Å². The topological polar surface area (TPSA) is 98.2 Å². The first-order valence-corrected chi connectivity index (χ1v) is 5.50. The summed E-state index contributed by atoms with van der Waals surface area (Å²) in [7, 11) is 0. The molecule has 6 heteroatoms. The van der Waals surface area contributed by atoms with E-state index in [1.807, 2.05) is 0 Å². The lowest BCUT2D eigenvalue weighted by atomic mass is 10.1. The first-order chi connectivity index (χ1) is 8.47. The van der Waals surface area contributed by atoms with Crippen LogP contribution in [0.15, 0.2) is 16.9 Å². The van der Waals surface area contributed by atoms with Crippen molar-refractivity contribution in [3.8, 4) is 5.75 Å². The monoisotopic (exact) mass is 247 g/mol. The standard InChI is InChI=1S/C12H13N3O3/c1-3-15-11-7(5-4-6(2)14-11)9(16)8(10(13)17)12(15)18/h4-5,16H,3H2,1-2H3,(H2,13,17). The number of fused-ring (bicyclic) bond motifs is 1. The fourth-order valence-corrected chi connectivity index (χ4v) is 1.92. The van der Waals surface area contributed by atoms with E-state index >= 15 is 0 Å². The average molecular weight is 247 g/mol. The summed E-state index contributed by atoms with van der Waals surface area (Å²) in [6.45, 7) is 3.88. The smallest absolute Gasteiger partial charge is 0.268 e. The Kier molecular flexibility index (Phi) is 2.78. The average Bonchev–Trinajstić information content (AvgIpc) is 2.28. The number of nitrogens with zero attached hydrogens (tertiary/aromatic N) is 2. The summed E-state index contributed by atoms with van der Waals surface area (Å²) >= 11 is 0. The highest BCUT2D eigenvalue weighted by Gasteiger charge is 2.20. The molecule has 0 saturated heterocycles. The lowest BCUT2D eigenvalue weighted by molar-refractivity contribution is 0.0996. The van der Waals surface area contributed by atoms with E-state index in [9.17, 15) is 14.7 Å². The van der Waals surface area contributed by atoms with Crippen LogP contribution in [-0.4, -0.2) is 20.6 Å². The molecule has 18 heavy (non-hydrogen) atoms. The fourth-order valence-electron chi connectivity index (χ4n) is 1.92. The molecule has 3 N–H and O–H groups in total. The van der Waals surface area contributed by atoms with Gasteiger partial charge < -0.3 is 10.8 Å². The summed E-state index contributed by atoms with van der Waals surface area (Å²) in [6.07, 6.45) is 0. The van der Waals surface area contributed by atoms with E-state index in [-0.39, 0.29) is 0 Å². The molecule has 0 aromatic carbocycles. The van der Waals surface area contributed by atoms with Gasteiger partial charge in [0.2, 0.25) is 0 Å². The van der Waals surface area contributed by atoms with E-state index in [0.29, 0.717) is 17.6 Å². The van der Waals surface area contributed by atoms with E-state index in [4.69, 9.17) is 5.73 Å². The second-order valence-electron chi connectivity index (χ2n) is 3.96. The zero-order chi connectivity index (χ0) is 13.4. The maximum absolute atomic E-state index is 12.0. The number of aryl methyl sites for hydroxylation is 2. The van der Waals surface area contributed by atoms with Crippen molar-refractivity contribution in [3.63, 3.8) is 0 Å². The third kappa shape index (κ3) is 1.62. The number of carbonyl (C=O) groups excluding carboxylic acids is 1. The van der Waals surface area contributed by atoms with Crippen LogP contribution in [0.5, 0.6) is 5.75 Å². The number of aromatic nitrogens is 2. The second-order valence-corrected chi connectivity index (χ2v) is 3.96. The number of hydrogen-bond acceptors (Lipinski definition) is 4. The van der Waals surface area contributed by atoms with Gasteiger partial charge in [-0.3, -0.25) is 14.2 Å². The Bertz CT molecular complexity index is 704. The van der Waals surface area contributed by atoms with E-state index < -0.39 is 22.8 Å². The highest BCUT2D eigenvalue weighted by atomic mass is 16.3. The highest BCUT2D eigenvalue weighted by Crippen LogP contribution is 2.25. The second kappa shape index (κ2) is 4.14. The first kappa shape index (κ1) is 12.1. The van der Waals surface area contributed by atoms with Gasteiger partial charge in [-0.2, -0.15) is 0 Å². The van der Waals surface area contributed by atoms with Gasteiger partial charge in [0.15, 0.2) is 0 Å². The van der Waals surface area contributed by atoms with Crippen LogP contribution in [0.25, 0.3) is 11.0 Å². The lowest BCUT2D eigenvalue weighted by Crippen LogP contribution is -2.30. The Morgan fingerprint density at radius 1 is 1.50 bits per heavy atom. The van der Waals surface area contributed by atoms with Crippen LogP contribution in [0.3, 0.4) is 0 Å². The first-order valence-electron chi connectivity index (χ1n) is 5.50. The van der Waals surface area contributed by atoms with Gasteiger partial charge in [0.05, 0.1) is 5.39 Å². The number of rotatable bonds is 2. The molecule has 0 aliphatic heterocycles. The van der Waals surface area contributed by atoms with Crippen molar-refractivity contribution in [2.24, 2.45) is 5.73 Å². The van der Waals surface area contributed by atoms with Gasteiger partial charge in [-0.05, 0) is 26.0 Å². The van der Waals surface area contributed by atoms with Gasteiger partial charge in [-0.1, -0.05) is 0 Å². The van der Waals surface area contributed by atoms with E-state index in [1.165, 1.54) is 4.57 Å². The number of nitrogens with two attached hydrogens (primary N) is 1. The third-order valence-corrected chi connectivity index (χ3v) is 2.78. The van der Waals surface area contributed by atoms with Crippen LogP contribution >= 0.6 is 0 Å². The quantitative estimate of drug-likeness (QED) is 0.808. The number of aromatic hydroxyl groups is 1. The van der Waals surface area contributed by atoms with Crippen LogP contribution in [0.4, 0.5) is 0 Å². The maximum Gasteiger partial charge on any atom is 0.268 e. The molecule has 6 nitrogen and oxygen atoms in total. The van der Waals surface area contributed by atoms with Crippen LogP contribution < -0.4 is 11.3 Å². The van der Waals surface area contributed by atoms with E-state index in [0.717, 1.165) is 5.69 Å². The largest absolute Gasteiger partial charge is 0.506 e. The summed E-state index contributed by atoms with van der Waals surface area (Å²) in [4.78, 5) is 27.5. The molecule has 0 unspecified atom stereocenters. The van der Waals surface area contributed by atoms with Gasteiger partial charge in [0.1, 0.15) is 17.0 Å². The van der Waals surface area contributed by atoms with Crippen LogP contribution in [0, 0.1) is 6.92 Å². The number of carbonyl (C=O) groups is 1. The lowest BCUT2D eigenvalue weighted by Gasteiger charge is -2.11. The van der Waals surface area contributed by atoms with Crippen LogP contribution in [0.1, 0.15) is 23.0 Å². The van der Waals surface area contributed by atoms with Crippen molar-refractivity contribution in [1.82, 2.24) is 9.55 Å². The fraction of sp³-hybridized carbons (Fsp3) is 0.250. The van der Waals surface area contributed by atoms with Gasteiger partial charge >= 0.3 is 0 Å². The predicted octanol–water partition coefficient (Wildman–Crippen LogP) is 0.529. The number of pyridine rings is 2. The van der Waals surface area contributed by atoms with Gasteiger partial charge in [-0.15, -0.1) is 0 Å². The SMILES string of the molecule is CCn1c(=O)c(C(N)=O)c(O)c2ccc(C)nc21. The molecular formula is C12H13N3O3. The van der Waals surface area contributed by atoms with Crippen molar-refractivity contribution in [2.75, 3.05) is 0 Å². The minimum absolute atomic E-state index is 0.340. The van der Waals surface area contributed by atoms with Gasteiger partial charge in [-0.25, -0.2) is 4.98 Å². The molecule has 2 rings (SSSR count). The minimum Gasteiger partial charge on any atom is -0.506 e. The molecule has 0 spiro atoms. The zero-order valence-corrected chi connectivity index (χ0v) is 10.1. The molecule has 2 aromatic heterocycles. The summed E-state index contributed by atoms with van der Waals surface area (Å²) in [5, 5.41) is 10.3. The zero-order valence-electron chi connectivity index (χ0n) is 10.1. The number of amides is 1. The number of hydrogen-bond donors (Lipinski definition) is 2. The van der Waals surface area contributed by atoms with Crippen molar-refractivity contribution < 1.29 is 9.90 Å². The molecule has 0 saturated carbocycles. The molecule has 94 valence electrons. The summed E-state index contributed by atoms with van der Waals surface area (Å²) in [5.41, 5.74) is 5.19. The van der Waals surface area contributed by atoms with Crippen LogP contribution in [-0.2, 0) is 6.54 Å². The highest BCUT2D eigenvalue weighted by molar-refractivity contribution is 6.00. The van der Waals surface area contributed by atoms with E-state index in [2.05, 4.69) is 4.98 Å². The van der Waals surface area contributed by atoms with Crippen molar-refractivity contribution in [2.45, 2.75) is 20.4 Å². The Morgan fingerprint density at radius 3 is 2.72 bits per heavy atom. The maximum atomic E-state index is 12.0. The molecule has 0 radical (unpaired) electrons. The van der Waals surface area contributed by atoms with Gasteiger partial charge in [0, 0.05) is 12.2 Å². The molecular weight excluding hydrogens is 234 g/mol. The number of primary amides is 1. The third-order valence-electron chi connectivity index (χ3n) is 2.78. The molecule has 2 aromatic rings. The van der Waals surface area contributed by atoms with Crippen molar-refractivity contribution in [1.29, 1.82) is 0 Å². The Morgan fingerprint density at radius 2 is 2.17 bits per heavy atom. The Hall–Kier alpha value is -2.37. The summed E-state index contributed by atoms with van der Waals surface area (Å²) < 4.78 is 1.32. The van der Waals surface area contributed by atoms with Crippen LogP contribution in [0.2, 0.25) is 0 Å². The van der Waals surface area contributed by atoms with E-state index in [1.54, 1.807) is 26.0 Å². The summed E-state index contributed by atoms with van der Waals surface area (Å²) in [6, 6.07) is 3.31. The molecule has 0 aliphatic rings. The molecule has 2 heterocycles. The Labute approximate surface area is 103 Å². The predicted molar refractivity (Wildman–Crippen MR) is 66.6 cm³/mol. The molecule has 0 atom stereocenters. The normalized spacial score (nSPS) is 10.8. The van der Waals surface area contributed by atoms with Gasteiger partial charge in [0.25, 0.3) is 11.5 Å². The molecule has 0 aliphatic carbocycles. The van der Waals surface area contributed by atoms with Crippen molar-refractivity contribution >= 4 is 16.9 Å². The minimum atomic E-state index is -0.942. The molecule has 0 bridgehead atoms. The molecule has 0 fully saturated rings. The molecule has 1 amide bonds. The summed E-state index contributed by atoms with van der Waals surface area (Å²) in [5.74, 6) is -1.35.